The lowest BCUT2D eigenvalue weighted by atomic mass is 9.95. The molecule has 0 unspecified atom stereocenters. The van der Waals surface area contributed by atoms with Crippen molar-refractivity contribution in [3.05, 3.63) is 52.6 Å². The maximum absolute atomic E-state index is 13.4. The van der Waals surface area contributed by atoms with Crippen LogP contribution in [0.15, 0.2) is 24.3 Å². The minimum Gasteiger partial charge on any atom is -0.343 e. The van der Waals surface area contributed by atoms with Crippen LogP contribution < -0.4 is 5.32 Å². The molecule has 9 heteroatoms. The van der Waals surface area contributed by atoms with Crippen LogP contribution in [0.2, 0.25) is 0 Å². The number of halogens is 3. The van der Waals surface area contributed by atoms with Crippen molar-refractivity contribution in [3.8, 4) is 6.07 Å². The van der Waals surface area contributed by atoms with Crippen molar-refractivity contribution in [2.75, 3.05) is 5.32 Å². The molecule has 0 aliphatic carbocycles. The van der Waals surface area contributed by atoms with Gasteiger partial charge in [-0.05, 0) is 38.1 Å². The first-order chi connectivity index (χ1) is 13.9. The monoisotopic (exact) mass is 419 g/mol. The Morgan fingerprint density at radius 3 is 2.47 bits per heavy atom. The molecule has 0 radical (unpaired) electrons. The second kappa shape index (κ2) is 8.53. The lowest BCUT2D eigenvalue weighted by molar-refractivity contribution is -0.119. The van der Waals surface area contributed by atoms with Gasteiger partial charge in [0.15, 0.2) is 0 Å². The first-order valence-corrected chi connectivity index (χ1v) is 8.99. The average Bonchev–Trinajstić information content (AvgIpc) is 2.97. The number of Topliss-reactive ketones (excluding diaryl/α,β-unsaturated/α-hetero) is 2. The van der Waals surface area contributed by atoms with Crippen molar-refractivity contribution in [1.29, 1.82) is 5.26 Å². The molecular formula is C21H20F3N3O3. The Labute approximate surface area is 171 Å². The topological polar surface area (TPSA) is 92.0 Å². The van der Waals surface area contributed by atoms with E-state index < -0.39 is 41.6 Å². The third kappa shape index (κ3) is 4.76. The number of hydrogen-bond acceptors (Lipinski definition) is 4. The highest BCUT2D eigenvalue weighted by Gasteiger charge is 2.34. The quantitative estimate of drug-likeness (QED) is 0.542. The molecule has 1 amide bonds. The molecule has 0 aliphatic heterocycles. The fourth-order valence-corrected chi connectivity index (χ4v) is 2.73. The second-order valence-corrected chi connectivity index (χ2v) is 7.16. The number of amides is 1. The normalized spacial score (nSPS) is 12.2. The number of carbonyl (C=O) groups excluding carboxylic acids is 3. The number of alkyl halides is 2. The van der Waals surface area contributed by atoms with Crippen LogP contribution in [-0.2, 0) is 11.8 Å². The molecule has 30 heavy (non-hydrogen) atoms. The third-order valence-electron chi connectivity index (χ3n) is 4.97. The fourth-order valence-electron chi connectivity index (χ4n) is 2.73. The standard InChI is InChI=1S/C21H20F3N3O3/c1-11(21(3,23)24)7-18(28)19(29)15-9-17(27(4)12(15)2)20(30)26-14-5-6-16(22)13(8-14)10-25/h5-6,8-9,11H,7H2,1-4H3,(H,26,30)/t11-/m1/s1. The van der Waals surface area contributed by atoms with Gasteiger partial charge in [0.05, 0.1) is 5.56 Å². The van der Waals surface area contributed by atoms with Gasteiger partial charge in [-0.3, -0.25) is 14.4 Å². The van der Waals surface area contributed by atoms with E-state index in [1.165, 1.54) is 37.6 Å². The molecule has 2 rings (SSSR count). The number of carbonyl (C=O) groups is 3. The lowest BCUT2D eigenvalue weighted by Gasteiger charge is -2.17. The Kier molecular flexibility index (Phi) is 6.50. The maximum atomic E-state index is 13.4. The molecule has 2 aromatic rings. The minimum absolute atomic E-state index is 0.0281. The first kappa shape index (κ1) is 22.9. The smallest absolute Gasteiger partial charge is 0.272 e. The minimum atomic E-state index is -3.11. The molecular weight excluding hydrogens is 399 g/mol. The summed E-state index contributed by atoms with van der Waals surface area (Å²) in [4.78, 5) is 37.2. The number of ketones is 2. The number of rotatable bonds is 7. The highest BCUT2D eigenvalue weighted by Crippen LogP contribution is 2.27. The van der Waals surface area contributed by atoms with Gasteiger partial charge in [0.25, 0.3) is 5.91 Å². The Morgan fingerprint density at radius 2 is 1.90 bits per heavy atom. The Morgan fingerprint density at radius 1 is 1.27 bits per heavy atom. The van der Waals surface area contributed by atoms with Crippen LogP contribution in [-0.4, -0.2) is 28.0 Å². The summed E-state index contributed by atoms with van der Waals surface area (Å²) in [5, 5.41) is 11.4. The first-order valence-electron chi connectivity index (χ1n) is 8.99. The number of benzene rings is 1. The molecule has 0 fully saturated rings. The zero-order valence-electron chi connectivity index (χ0n) is 16.8. The van der Waals surface area contributed by atoms with Gasteiger partial charge in [-0.2, -0.15) is 5.26 Å². The predicted molar refractivity (Wildman–Crippen MR) is 103 cm³/mol. The summed E-state index contributed by atoms with van der Waals surface area (Å²) in [6.07, 6.45) is -0.620. The third-order valence-corrected chi connectivity index (χ3v) is 4.97. The van der Waals surface area contributed by atoms with Gasteiger partial charge in [-0.1, -0.05) is 6.92 Å². The summed E-state index contributed by atoms with van der Waals surface area (Å²) in [6.45, 7) is 3.37. The molecule has 0 saturated heterocycles. The van der Waals surface area contributed by atoms with Crippen molar-refractivity contribution in [3.63, 3.8) is 0 Å². The largest absolute Gasteiger partial charge is 0.343 e. The number of nitriles is 1. The number of nitrogens with zero attached hydrogens (tertiary/aromatic N) is 2. The maximum Gasteiger partial charge on any atom is 0.272 e. The number of nitrogens with one attached hydrogen (secondary N) is 1. The van der Waals surface area contributed by atoms with E-state index in [9.17, 15) is 27.6 Å². The summed E-state index contributed by atoms with van der Waals surface area (Å²) < 4.78 is 41.4. The fraction of sp³-hybridized carbons (Fsp3) is 0.333. The van der Waals surface area contributed by atoms with Gasteiger partial charge in [0.1, 0.15) is 17.6 Å². The van der Waals surface area contributed by atoms with Gasteiger partial charge in [0, 0.05) is 36.3 Å². The molecule has 0 bridgehead atoms. The Balaban J connectivity index is 2.26. The van der Waals surface area contributed by atoms with E-state index in [4.69, 9.17) is 5.26 Å². The molecule has 0 saturated carbocycles. The highest BCUT2D eigenvalue weighted by atomic mass is 19.3. The van der Waals surface area contributed by atoms with E-state index in [0.717, 1.165) is 12.1 Å². The molecule has 1 N–H and O–H groups in total. The molecule has 1 aromatic carbocycles. The molecule has 0 spiro atoms. The van der Waals surface area contributed by atoms with Crippen molar-refractivity contribution in [2.24, 2.45) is 13.0 Å². The summed E-state index contributed by atoms with van der Waals surface area (Å²) in [5.74, 6) is -7.73. The van der Waals surface area contributed by atoms with Crippen molar-refractivity contribution in [1.82, 2.24) is 4.57 Å². The van der Waals surface area contributed by atoms with Gasteiger partial charge < -0.3 is 9.88 Å². The van der Waals surface area contributed by atoms with Crippen molar-refractivity contribution >= 4 is 23.2 Å². The molecule has 1 aromatic heterocycles. The molecule has 1 heterocycles. The summed E-state index contributed by atoms with van der Waals surface area (Å²) in [5.41, 5.74) is 0.196. The van der Waals surface area contributed by atoms with Crippen LogP contribution in [0.25, 0.3) is 0 Å². The van der Waals surface area contributed by atoms with Gasteiger partial charge >= 0.3 is 0 Å². The van der Waals surface area contributed by atoms with Crippen molar-refractivity contribution < 1.29 is 27.6 Å². The molecule has 158 valence electrons. The van der Waals surface area contributed by atoms with E-state index in [1.54, 1.807) is 6.07 Å². The second-order valence-electron chi connectivity index (χ2n) is 7.16. The molecule has 0 aliphatic rings. The predicted octanol–water partition coefficient (Wildman–Crippen LogP) is 4.03. The zero-order chi connectivity index (χ0) is 22.8. The van der Waals surface area contributed by atoms with Crippen LogP contribution in [0, 0.1) is 30.0 Å². The molecule has 1 atom stereocenters. The number of anilines is 1. The van der Waals surface area contributed by atoms with E-state index in [1.807, 2.05) is 0 Å². The van der Waals surface area contributed by atoms with E-state index >= 15 is 0 Å². The van der Waals surface area contributed by atoms with Crippen LogP contribution in [0.3, 0.4) is 0 Å². The average molecular weight is 419 g/mol. The van der Waals surface area contributed by atoms with Crippen LogP contribution in [0.5, 0.6) is 0 Å². The van der Waals surface area contributed by atoms with E-state index in [2.05, 4.69) is 5.32 Å². The lowest BCUT2D eigenvalue weighted by Crippen LogP contribution is -2.27. The summed E-state index contributed by atoms with van der Waals surface area (Å²) in [7, 11) is 1.50. The number of hydrogen-bond donors (Lipinski definition) is 1. The Bertz CT molecular complexity index is 1060. The zero-order valence-corrected chi connectivity index (χ0v) is 16.8. The Hall–Kier alpha value is -3.41. The van der Waals surface area contributed by atoms with Gasteiger partial charge in [0.2, 0.25) is 17.5 Å². The van der Waals surface area contributed by atoms with Gasteiger partial charge in [-0.15, -0.1) is 0 Å². The summed E-state index contributed by atoms with van der Waals surface area (Å²) in [6, 6.07) is 6.32. The van der Waals surface area contributed by atoms with Crippen LogP contribution in [0.4, 0.5) is 18.9 Å². The van der Waals surface area contributed by atoms with Crippen molar-refractivity contribution in [2.45, 2.75) is 33.1 Å². The van der Waals surface area contributed by atoms with E-state index in [0.29, 0.717) is 12.6 Å². The number of aromatic nitrogens is 1. The highest BCUT2D eigenvalue weighted by molar-refractivity contribution is 6.44. The van der Waals surface area contributed by atoms with Gasteiger partial charge in [-0.25, -0.2) is 13.2 Å². The van der Waals surface area contributed by atoms with Crippen LogP contribution >= 0.6 is 0 Å². The SMILES string of the molecule is Cc1c(C(=O)C(=O)C[C@@H](C)C(C)(F)F)cc(C(=O)Nc2ccc(F)c(C#N)c2)n1C. The van der Waals surface area contributed by atoms with E-state index in [-0.39, 0.29) is 22.5 Å². The molecule has 6 nitrogen and oxygen atoms in total. The summed E-state index contributed by atoms with van der Waals surface area (Å²) >= 11 is 0. The van der Waals surface area contributed by atoms with Crippen LogP contribution in [0.1, 0.15) is 52.4 Å².